The van der Waals surface area contributed by atoms with Gasteiger partial charge in [-0.3, -0.25) is 23.9 Å². The molecule has 4 aromatic heterocycles. The van der Waals surface area contributed by atoms with Gasteiger partial charge in [0.15, 0.2) is 14.1 Å². The molecule has 3 fully saturated rings. The van der Waals surface area contributed by atoms with Crippen LogP contribution in [0.25, 0.3) is 22.8 Å². The second-order valence-electron chi connectivity index (χ2n) is 11.1. The molecule has 0 radical (unpaired) electrons. The Hall–Kier alpha value is -2.82. The third kappa shape index (κ3) is 15.7. The van der Waals surface area contributed by atoms with Crippen LogP contribution in [0, 0.1) is 3.95 Å². The average molecular weight is 765 g/mol. The van der Waals surface area contributed by atoms with Crippen molar-refractivity contribution < 1.29 is 14.3 Å². The number of nitrogens with zero attached hydrogens (tertiary/aromatic N) is 5. The number of aromatic amines is 1. The molecule has 0 aromatic carbocycles. The Labute approximate surface area is 311 Å². The minimum absolute atomic E-state index is 0. The number of H-pyrrole nitrogens is 1. The average Bonchev–Trinajstić information content (AvgIpc) is 3.97. The minimum atomic E-state index is -0.0337. The second-order valence-corrected chi connectivity index (χ2v) is 14.8. The Balaban J connectivity index is 0.000000197. The summed E-state index contributed by atoms with van der Waals surface area (Å²) in [7, 11) is 0. The number of carbonyl (C=O) groups is 2. The molecule has 1 saturated heterocycles. The summed E-state index contributed by atoms with van der Waals surface area (Å²) in [6.07, 6.45) is 18.9. The molecule has 5 heterocycles. The summed E-state index contributed by atoms with van der Waals surface area (Å²) in [5.41, 5.74) is 1.96. The zero-order valence-electron chi connectivity index (χ0n) is 26.6. The number of thioether (sulfide) groups is 1. The zero-order valence-corrected chi connectivity index (χ0v) is 30.7. The first-order chi connectivity index (χ1) is 23.5. The Morgan fingerprint density at radius 1 is 0.857 bits per heavy atom. The van der Waals surface area contributed by atoms with E-state index in [0.717, 1.165) is 60.2 Å². The van der Waals surface area contributed by atoms with Crippen molar-refractivity contribution in [2.75, 3.05) is 24.8 Å². The number of pyridine rings is 2. The minimum Gasteiger partial charge on any atom is -0.381 e. The molecular weight excluding hydrogens is 720 g/mol. The van der Waals surface area contributed by atoms with Gasteiger partial charge in [0, 0.05) is 61.2 Å². The maximum absolute atomic E-state index is 11.9. The molecule has 0 spiro atoms. The number of aromatic nitrogens is 6. The topological polar surface area (TPSA) is 148 Å². The second kappa shape index (κ2) is 23.6. The molecule has 0 atom stereocenters. The van der Waals surface area contributed by atoms with Gasteiger partial charge in [0.2, 0.25) is 11.8 Å². The predicted molar refractivity (Wildman–Crippen MR) is 203 cm³/mol. The lowest BCUT2D eigenvalue weighted by molar-refractivity contribution is -0.120. The summed E-state index contributed by atoms with van der Waals surface area (Å²) in [6.45, 7) is 2.00. The van der Waals surface area contributed by atoms with Crippen molar-refractivity contribution in [2.45, 2.75) is 88.1 Å². The molecule has 7 rings (SSSR count). The molecule has 1 aliphatic heterocycles. The van der Waals surface area contributed by atoms with E-state index in [0.29, 0.717) is 27.6 Å². The molecule has 2 aliphatic carbocycles. The number of carbonyl (C=O) groups excluding carboxylic acids is 2. The highest BCUT2D eigenvalue weighted by Gasteiger charge is 2.18. The Bertz CT molecular complexity index is 1530. The molecule has 266 valence electrons. The lowest BCUT2D eigenvalue weighted by atomic mass is 10.2. The van der Waals surface area contributed by atoms with Gasteiger partial charge in [0.05, 0.1) is 5.75 Å². The van der Waals surface area contributed by atoms with Crippen LogP contribution < -0.4 is 10.6 Å². The summed E-state index contributed by atoms with van der Waals surface area (Å²) < 4.78 is 13.7. The predicted octanol–water partition coefficient (Wildman–Crippen LogP) is 7.73. The van der Waals surface area contributed by atoms with Crippen LogP contribution in [0.1, 0.15) is 71.6 Å². The van der Waals surface area contributed by atoms with E-state index in [9.17, 15) is 9.59 Å². The standard InChI is InChI=1S/C14H16N4OS2.C7H12ClNO.C7H5N3S2.C4H8O.CH4/c19-12(16-11-3-1-2-4-11)9-20-14-17-13(18-21-14)10-5-7-15-8-6-10;8-5-7(10)9-6-3-1-2-4-6;11-7-9-6(10-12-7)5-1-3-8-4-2-5;1-2-4-5-3-1;/h5-8,11H,1-4,9H2,(H,16,19);6H,1-5H2,(H,9,10);1-4H,(H,9,10,11);1-4H2;1H4. The number of hydrogen-bond acceptors (Lipinski definition) is 12. The van der Waals surface area contributed by atoms with Gasteiger partial charge in [-0.2, -0.15) is 4.37 Å². The Morgan fingerprint density at radius 3 is 1.90 bits per heavy atom. The third-order valence-corrected chi connectivity index (χ3v) is 10.4. The number of ether oxygens (including phenoxy) is 1. The molecule has 2 amide bonds. The number of alkyl halides is 1. The van der Waals surface area contributed by atoms with Crippen LogP contribution in [0.4, 0.5) is 0 Å². The van der Waals surface area contributed by atoms with Gasteiger partial charge in [-0.15, -0.1) is 11.6 Å². The van der Waals surface area contributed by atoms with Crippen LogP contribution >= 0.6 is 58.6 Å². The van der Waals surface area contributed by atoms with E-state index in [2.05, 4.69) is 39.3 Å². The molecule has 4 aromatic rings. The van der Waals surface area contributed by atoms with Gasteiger partial charge in [-0.1, -0.05) is 44.9 Å². The maximum Gasteiger partial charge on any atom is 0.235 e. The van der Waals surface area contributed by atoms with Gasteiger partial charge < -0.3 is 15.4 Å². The van der Waals surface area contributed by atoms with Gasteiger partial charge in [0.1, 0.15) is 11.7 Å². The van der Waals surface area contributed by atoms with Crippen LogP contribution in [0.15, 0.2) is 53.4 Å². The first-order valence-electron chi connectivity index (χ1n) is 16.1. The van der Waals surface area contributed by atoms with Crippen molar-refractivity contribution in [3.63, 3.8) is 0 Å². The largest absolute Gasteiger partial charge is 0.381 e. The van der Waals surface area contributed by atoms with Crippen LogP contribution in [0.2, 0.25) is 0 Å². The summed E-state index contributed by atoms with van der Waals surface area (Å²) in [6, 6.07) is 8.32. The van der Waals surface area contributed by atoms with Crippen LogP contribution in [0.3, 0.4) is 0 Å². The van der Waals surface area contributed by atoms with E-state index in [4.69, 9.17) is 28.6 Å². The van der Waals surface area contributed by atoms with E-state index >= 15 is 0 Å². The van der Waals surface area contributed by atoms with E-state index in [1.165, 1.54) is 73.4 Å². The molecule has 16 heteroatoms. The number of amides is 2. The smallest absolute Gasteiger partial charge is 0.235 e. The third-order valence-electron chi connectivity index (χ3n) is 7.45. The van der Waals surface area contributed by atoms with Crippen molar-refractivity contribution in [3.05, 3.63) is 53.0 Å². The molecule has 49 heavy (non-hydrogen) atoms. The number of halogens is 1. The van der Waals surface area contributed by atoms with E-state index < -0.39 is 0 Å². The van der Waals surface area contributed by atoms with Gasteiger partial charge in [-0.25, -0.2) is 9.97 Å². The fraction of sp³-hybridized carbons (Fsp3) is 0.515. The Morgan fingerprint density at radius 2 is 1.41 bits per heavy atom. The number of nitrogens with one attached hydrogen (secondary N) is 3. The van der Waals surface area contributed by atoms with Gasteiger partial charge in [0.25, 0.3) is 0 Å². The van der Waals surface area contributed by atoms with Crippen molar-refractivity contribution >= 4 is 70.5 Å². The monoisotopic (exact) mass is 764 g/mol. The molecule has 2 saturated carbocycles. The lowest BCUT2D eigenvalue weighted by Crippen LogP contribution is -2.33. The normalized spacial score (nSPS) is 15.4. The highest BCUT2D eigenvalue weighted by atomic mass is 35.5. The molecular formula is C33H45ClN8O3S4. The number of hydrogen-bond donors (Lipinski definition) is 3. The van der Waals surface area contributed by atoms with Crippen molar-refractivity contribution in [1.29, 1.82) is 0 Å². The Kier molecular flexibility index (Phi) is 19.5. The van der Waals surface area contributed by atoms with Crippen molar-refractivity contribution in [1.82, 2.24) is 39.3 Å². The first kappa shape index (κ1) is 40.6. The van der Waals surface area contributed by atoms with E-state index in [1.54, 1.807) is 24.8 Å². The van der Waals surface area contributed by atoms with Crippen molar-refractivity contribution in [3.8, 4) is 22.8 Å². The quantitative estimate of drug-likeness (QED) is 0.0925. The summed E-state index contributed by atoms with van der Waals surface area (Å²) >= 11 is 14.3. The molecule has 11 nitrogen and oxygen atoms in total. The van der Waals surface area contributed by atoms with Crippen LogP contribution in [-0.4, -0.2) is 77.4 Å². The molecule has 3 aliphatic rings. The number of rotatable bonds is 8. The molecule has 0 unspecified atom stereocenters. The lowest BCUT2D eigenvalue weighted by Gasteiger charge is -2.10. The maximum atomic E-state index is 11.9. The SMILES string of the molecule is C.C1CCOC1.O=C(CCl)NC1CCCC1.O=C(CSc1nc(-c2ccncc2)ns1)NC1CCCC1.S=c1nc(-c2ccncc2)[nH]s1. The molecule has 3 N–H and O–H groups in total. The van der Waals surface area contributed by atoms with Gasteiger partial charge >= 0.3 is 0 Å². The highest BCUT2D eigenvalue weighted by Crippen LogP contribution is 2.25. The highest BCUT2D eigenvalue weighted by molar-refractivity contribution is 8.01. The summed E-state index contributed by atoms with van der Waals surface area (Å²) in [4.78, 5) is 39.1. The van der Waals surface area contributed by atoms with E-state index in [1.807, 2.05) is 24.3 Å². The van der Waals surface area contributed by atoms with E-state index in [-0.39, 0.29) is 25.1 Å². The fourth-order valence-electron chi connectivity index (χ4n) is 5.06. The summed E-state index contributed by atoms with van der Waals surface area (Å²) in [5, 5.41) is 5.93. The van der Waals surface area contributed by atoms with Crippen LogP contribution in [-0.2, 0) is 14.3 Å². The van der Waals surface area contributed by atoms with Crippen molar-refractivity contribution in [2.24, 2.45) is 0 Å². The molecule has 0 bridgehead atoms. The first-order valence-corrected chi connectivity index (χ1v) is 19.6. The zero-order chi connectivity index (χ0) is 33.8. The fourth-order valence-corrected chi connectivity index (χ4v) is 7.27. The van der Waals surface area contributed by atoms with Crippen LogP contribution in [0.5, 0.6) is 0 Å². The van der Waals surface area contributed by atoms with Gasteiger partial charge in [-0.05, 0) is 98.1 Å². The summed E-state index contributed by atoms with van der Waals surface area (Å²) in [5.74, 6) is 2.06.